The normalized spacial score (nSPS) is 12.0. The number of hydrogen-bond donors (Lipinski definition) is 1. The number of amides is 1. The topological polar surface area (TPSA) is 68.0 Å². The molecule has 0 radical (unpaired) electrons. The number of aromatic nitrogens is 2. The van der Waals surface area contributed by atoms with Crippen molar-refractivity contribution < 1.29 is 13.6 Å². The van der Waals surface area contributed by atoms with Crippen molar-refractivity contribution in [1.82, 2.24) is 15.5 Å². The minimum Gasteiger partial charge on any atom is -0.411 e. The van der Waals surface area contributed by atoms with Crippen LogP contribution in [0.3, 0.4) is 0 Å². The van der Waals surface area contributed by atoms with Crippen molar-refractivity contribution in [3.8, 4) is 11.5 Å². The van der Waals surface area contributed by atoms with Gasteiger partial charge in [0.1, 0.15) is 5.82 Å². The summed E-state index contributed by atoms with van der Waals surface area (Å²) in [6, 6.07) is 13.8. The van der Waals surface area contributed by atoms with Gasteiger partial charge in [0.2, 0.25) is 11.8 Å². The van der Waals surface area contributed by atoms with Crippen molar-refractivity contribution in [2.45, 2.75) is 30.9 Å². The Morgan fingerprint density at radius 2 is 1.85 bits per heavy atom. The third kappa shape index (κ3) is 4.70. The van der Waals surface area contributed by atoms with E-state index >= 15 is 0 Å². The van der Waals surface area contributed by atoms with Gasteiger partial charge in [-0.2, -0.15) is 0 Å². The van der Waals surface area contributed by atoms with Crippen LogP contribution in [0, 0.1) is 12.7 Å². The number of carbonyl (C=O) groups is 1. The van der Waals surface area contributed by atoms with E-state index in [-0.39, 0.29) is 17.0 Å². The number of carbonyl (C=O) groups excluding carboxylic acids is 1. The van der Waals surface area contributed by atoms with Gasteiger partial charge >= 0.3 is 0 Å². The van der Waals surface area contributed by atoms with Crippen molar-refractivity contribution in [2.75, 3.05) is 0 Å². The molecule has 3 rings (SSSR count). The summed E-state index contributed by atoms with van der Waals surface area (Å²) in [7, 11) is 0. The fraction of sp³-hybridized carbons (Fsp3) is 0.211. The van der Waals surface area contributed by atoms with E-state index in [1.165, 1.54) is 29.5 Å². The smallest absolute Gasteiger partial charge is 0.277 e. The number of rotatable bonds is 6. The Morgan fingerprint density at radius 1 is 1.15 bits per heavy atom. The SMILES string of the molecule is Cc1ccc(CNC(=O)[C@@H](C)Sc2nnc(-c3ccc(F)cc3)o2)cc1. The highest BCUT2D eigenvalue weighted by molar-refractivity contribution is 8.00. The Morgan fingerprint density at radius 3 is 2.54 bits per heavy atom. The van der Waals surface area contributed by atoms with Crippen LogP contribution in [-0.2, 0) is 11.3 Å². The van der Waals surface area contributed by atoms with Gasteiger partial charge in [-0.1, -0.05) is 41.6 Å². The molecule has 0 bridgehead atoms. The van der Waals surface area contributed by atoms with Gasteiger partial charge in [0.15, 0.2) is 0 Å². The molecule has 0 saturated carbocycles. The zero-order chi connectivity index (χ0) is 18.5. The second-order valence-electron chi connectivity index (χ2n) is 5.84. The van der Waals surface area contributed by atoms with Crippen LogP contribution in [0.5, 0.6) is 0 Å². The number of nitrogens with zero attached hydrogens (tertiary/aromatic N) is 2. The van der Waals surface area contributed by atoms with E-state index in [2.05, 4.69) is 15.5 Å². The Bertz CT molecular complexity index is 879. The molecule has 5 nitrogen and oxygen atoms in total. The summed E-state index contributed by atoms with van der Waals surface area (Å²) in [6.45, 7) is 4.26. The van der Waals surface area contributed by atoms with Gasteiger partial charge in [0.05, 0.1) is 5.25 Å². The van der Waals surface area contributed by atoms with Crippen LogP contribution in [0.2, 0.25) is 0 Å². The first-order valence-corrected chi connectivity index (χ1v) is 8.98. The van der Waals surface area contributed by atoms with Gasteiger partial charge in [0.25, 0.3) is 5.22 Å². The fourth-order valence-corrected chi connectivity index (χ4v) is 2.92. The first kappa shape index (κ1) is 18.1. The predicted molar refractivity (Wildman–Crippen MR) is 98.0 cm³/mol. The van der Waals surface area contributed by atoms with E-state index in [1.54, 1.807) is 19.1 Å². The van der Waals surface area contributed by atoms with Crippen LogP contribution in [0.25, 0.3) is 11.5 Å². The Balaban J connectivity index is 1.55. The van der Waals surface area contributed by atoms with Gasteiger partial charge in [0, 0.05) is 12.1 Å². The van der Waals surface area contributed by atoms with Crippen LogP contribution in [-0.4, -0.2) is 21.4 Å². The average Bonchev–Trinajstić information content (AvgIpc) is 3.10. The lowest BCUT2D eigenvalue weighted by Crippen LogP contribution is -2.30. The first-order valence-electron chi connectivity index (χ1n) is 8.10. The van der Waals surface area contributed by atoms with Crippen LogP contribution in [0.15, 0.2) is 58.2 Å². The summed E-state index contributed by atoms with van der Waals surface area (Å²) >= 11 is 1.18. The van der Waals surface area contributed by atoms with Crippen molar-refractivity contribution in [2.24, 2.45) is 0 Å². The summed E-state index contributed by atoms with van der Waals surface area (Å²) in [6.07, 6.45) is 0. The van der Waals surface area contributed by atoms with Gasteiger partial charge in [-0.05, 0) is 43.7 Å². The molecule has 0 unspecified atom stereocenters. The molecule has 1 atom stereocenters. The lowest BCUT2D eigenvalue weighted by molar-refractivity contribution is -0.120. The lowest BCUT2D eigenvalue weighted by Gasteiger charge is -2.10. The minimum absolute atomic E-state index is 0.114. The van der Waals surface area contributed by atoms with E-state index in [1.807, 2.05) is 31.2 Å². The molecule has 2 aromatic carbocycles. The molecule has 1 heterocycles. The molecule has 0 aliphatic rings. The maximum Gasteiger partial charge on any atom is 0.277 e. The first-order chi connectivity index (χ1) is 12.5. The summed E-state index contributed by atoms with van der Waals surface area (Å²) in [5.74, 6) is -0.154. The van der Waals surface area contributed by atoms with Crippen LogP contribution in [0.1, 0.15) is 18.1 Å². The summed E-state index contributed by atoms with van der Waals surface area (Å²) < 4.78 is 18.5. The molecule has 1 N–H and O–H groups in total. The highest BCUT2D eigenvalue weighted by Gasteiger charge is 2.18. The Kier molecular flexibility index (Phi) is 5.68. The maximum absolute atomic E-state index is 13.0. The molecule has 1 amide bonds. The second-order valence-corrected chi connectivity index (χ2v) is 7.14. The highest BCUT2D eigenvalue weighted by atomic mass is 32.2. The third-order valence-electron chi connectivity index (χ3n) is 3.73. The third-order valence-corrected chi connectivity index (χ3v) is 4.67. The molecule has 26 heavy (non-hydrogen) atoms. The summed E-state index contributed by atoms with van der Waals surface area (Å²) in [5.41, 5.74) is 2.84. The zero-order valence-electron chi connectivity index (χ0n) is 14.4. The van der Waals surface area contributed by atoms with E-state index < -0.39 is 0 Å². The second kappa shape index (κ2) is 8.14. The van der Waals surface area contributed by atoms with E-state index in [0.717, 1.165) is 5.56 Å². The van der Waals surface area contributed by atoms with Gasteiger partial charge in [-0.15, -0.1) is 10.2 Å². The zero-order valence-corrected chi connectivity index (χ0v) is 15.2. The van der Waals surface area contributed by atoms with Crippen molar-refractivity contribution in [3.63, 3.8) is 0 Å². The number of halogens is 1. The van der Waals surface area contributed by atoms with Gasteiger partial charge in [-0.3, -0.25) is 4.79 Å². The summed E-state index contributed by atoms with van der Waals surface area (Å²) in [4.78, 5) is 12.2. The molecule has 7 heteroatoms. The minimum atomic E-state index is -0.387. The standard InChI is InChI=1S/C19H18FN3O2S/c1-12-3-5-14(6-4-12)11-21-17(24)13(2)26-19-23-22-18(25-19)15-7-9-16(20)10-8-15/h3-10,13H,11H2,1-2H3,(H,21,24)/t13-/m1/s1. The van der Waals surface area contributed by atoms with E-state index in [0.29, 0.717) is 23.2 Å². The maximum atomic E-state index is 13.0. The number of hydrogen-bond acceptors (Lipinski definition) is 5. The largest absolute Gasteiger partial charge is 0.411 e. The number of nitrogens with one attached hydrogen (secondary N) is 1. The molecule has 134 valence electrons. The Labute approximate surface area is 155 Å². The average molecular weight is 371 g/mol. The number of thioether (sulfide) groups is 1. The molecule has 0 spiro atoms. The molecular weight excluding hydrogens is 353 g/mol. The molecule has 3 aromatic rings. The van der Waals surface area contributed by atoms with Crippen molar-refractivity contribution in [1.29, 1.82) is 0 Å². The fourth-order valence-electron chi connectivity index (χ4n) is 2.21. The number of benzene rings is 2. The number of aryl methyl sites for hydroxylation is 1. The molecule has 0 saturated heterocycles. The molecule has 0 aliphatic heterocycles. The van der Waals surface area contributed by atoms with E-state index in [9.17, 15) is 9.18 Å². The molecular formula is C19H18FN3O2S. The predicted octanol–water partition coefficient (Wildman–Crippen LogP) is 3.98. The Hall–Kier alpha value is -2.67. The quantitative estimate of drug-likeness (QED) is 0.664. The van der Waals surface area contributed by atoms with Crippen molar-refractivity contribution in [3.05, 3.63) is 65.5 Å². The monoisotopic (exact) mass is 371 g/mol. The van der Waals surface area contributed by atoms with Gasteiger partial charge < -0.3 is 9.73 Å². The van der Waals surface area contributed by atoms with Crippen molar-refractivity contribution >= 4 is 17.7 Å². The molecule has 1 aromatic heterocycles. The van der Waals surface area contributed by atoms with Gasteiger partial charge in [-0.25, -0.2) is 4.39 Å². The summed E-state index contributed by atoms with van der Waals surface area (Å²) in [5, 5.41) is 10.7. The van der Waals surface area contributed by atoms with Crippen LogP contribution < -0.4 is 5.32 Å². The van der Waals surface area contributed by atoms with Crippen LogP contribution in [0.4, 0.5) is 4.39 Å². The lowest BCUT2D eigenvalue weighted by atomic mass is 10.1. The molecule has 0 fully saturated rings. The molecule has 0 aliphatic carbocycles. The van der Waals surface area contributed by atoms with Crippen LogP contribution >= 0.6 is 11.8 Å². The van der Waals surface area contributed by atoms with E-state index in [4.69, 9.17) is 4.42 Å². The highest BCUT2D eigenvalue weighted by Crippen LogP contribution is 2.26.